The van der Waals surface area contributed by atoms with Gasteiger partial charge < -0.3 is 5.32 Å². The molecule has 114 valence electrons. The van der Waals surface area contributed by atoms with Gasteiger partial charge in [-0.05, 0) is 0 Å². The highest BCUT2D eigenvalue weighted by Crippen LogP contribution is 2.29. The summed E-state index contributed by atoms with van der Waals surface area (Å²) in [6.07, 6.45) is -3.13. The van der Waals surface area contributed by atoms with Crippen molar-refractivity contribution in [2.24, 2.45) is 0 Å². The van der Waals surface area contributed by atoms with Crippen molar-refractivity contribution < 1.29 is 18.0 Å². The lowest BCUT2D eigenvalue weighted by Gasteiger charge is -2.13. The summed E-state index contributed by atoms with van der Waals surface area (Å²) < 4.78 is 37.2. The zero-order valence-electron chi connectivity index (χ0n) is 11.5. The van der Waals surface area contributed by atoms with Crippen molar-refractivity contribution in [1.82, 2.24) is 15.2 Å². The molecule has 0 saturated carbocycles. The second kappa shape index (κ2) is 5.14. The summed E-state index contributed by atoms with van der Waals surface area (Å²) in [7, 11) is 0. The minimum absolute atomic E-state index is 0.182. The van der Waals surface area contributed by atoms with Gasteiger partial charge in [-0.25, -0.2) is 4.98 Å². The molecule has 9 heteroatoms. The molecule has 2 N–H and O–H groups in total. The van der Waals surface area contributed by atoms with Crippen molar-refractivity contribution in [2.45, 2.75) is 32.4 Å². The maximum Gasteiger partial charge on any atom is 0.432 e. The molecule has 0 spiro atoms. The molecule has 0 aromatic carbocycles. The van der Waals surface area contributed by atoms with Crippen molar-refractivity contribution in [2.75, 3.05) is 5.32 Å². The molecule has 2 rings (SSSR count). The lowest BCUT2D eigenvalue weighted by atomic mass is 9.98. The number of H-pyrrole nitrogens is 1. The smallest absolute Gasteiger partial charge is 0.304 e. The predicted molar refractivity (Wildman–Crippen MR) is 72.4 cm³/mol. The van der Waals surface area contributed by atoms with Crippen LogP contribution in [0.15, 0.2) is 12.3 Å². The standard InChI is InChI=1S/C12H13F3N4OS/c1-11(2,3)10-16-5-6(21-10)9(20)17-8-4-7(18-19-8)12(13,14)15/h4-5H,1-3H3,(H2,17,18,19,20). The number of rotatable bonds is 2. The van der Waals surface area contributed by atoms with Gasteiger partial charge >= 0.3 is 6.18 Å². The summed E-state index contributed by atoms with van der Waals surface area (Å²) >= 11 is 1.20. The molecule has 1 amide bonds. The van der Waals surface area contributed by atoms with Crippen LogP contribution in [0, 0.1) is 0 Å². The van der Waals surface area contributed by atoms with Crippen LogP contribution in [0.3, 0.4) is 0 Å². The van der Waals surface area contributed by atoms with Gasteiger partial charge in [-0.3, -0.25) is 9.89 Å². The number of aromatic amines is 1. The number of nitrogens with zero attached hydrogens (tertiary/aromatic N) is 2. The Morgan fingerprint density at radius 2 is 2.00 bits per heavy atom. The fraction of sp³-hybridized carbons (Fsp3) is 0.417. The average Bonchev–Trinajstić information content (AvgIpc) is 2.94. The van der Waals surface area contributed by atoms with E-state index in [9.17, 15) is 18.0 Å². The Bertz CT molecular complexity index is 654. The van der Waals surface area contributed by atoms with Crippen molar-refractivity contribution in [3.63, 3.8) is 0 Å². The third-order valence-corrected chi connectivity index (χ3v) is 3.92. The second-order valence-corrected chi connectivity index (χ2v) is 6.43. The van der Waals surface area contributed by atoms with Crippen LogP contribution in [-0.2, 0) is 11.6 Å². The minimum Gasteiger partial charge on any atom is -0.304 e. The maximum atomic E-state index is 12.4. The van der Waals surface area contributed by atoms with Gasteiger partial charge in [0.1, 0.15) is 10.6 Å². The molecule has 0 unspecified atom stereocenters. The Labute approximate surface area is 122 Å². The lowest BCUT2D eigenvalue weighted by Crippen LogP contribution is -2.11. The largest absolute Gasteiger partial charge is 0.432 e. The first-order chi connectivity index (χ1) is 9.57. The Morgan fingerprint density at radius 1 is 1.33 bits per heavy atom. The zero-order valence-corrected chi connectivity index (χ0v) is 12.3. The Balaban J connectivity index is 2.11. The number of amides is 1. The van der Waals surface area contributed by atoms with E-state index in [1.54, 1.807) is 0 Å². The van der Waals surface area contributed by atoms with E-state index >= 15 is 0 Å². The number of hydrogen-bond donors (Lipinski definition) is 2. The molecule has 0 aliphatic carbocycles. The first kappa shape index (κ1) is 15.5. The van der Waals surface area contributed by atoms with E-state index in [0.717, 1.165) is 11.1 Å². The molecule has 5 nitrogen and oxygen atoms in total. The molecular weight excluding hydrogens is 305 g/mol. The van der Waals surface area contributed by atoms with Gasteiger partial charge in [-0.2, -0.15) is 18.3 Å². The first-order valence-corrected chi connectivity index (χ1v) is 6.79. The highest BCUT2D eigenvalue weighted by molar-refractivity contribution is 7.13. The number of halogens is 3. The van der Waals surface area contributed by atoms with Crippen molar-refractivity contribution in [3.05, 3.63) is 27.8 Å². The van der Waals surface area contributed by atoms with Crippen molar-refractivity contribution in [1.29, 1.82) is 0 Å². The molecule has 21 heavy (non-hydrogen) atoms. The predicted octanol–water partition coefficient (Wildman–Crippen LogP) is 3.43. The summed E-state index contributed by atoms with van der Waals surface area (Å²) in [4.78, 5) is 16.4. The minimum atomic E-state index is -4.53. The van der Waals surface area contributed by atoms with Crippen LogP contribution in [0.5, 0.6) is 0 Å². The number of nitrogens with one attached hydrogen (secondary N) is 2. The molecule has 2 heterocycles. The normalized spacial score (nSPS) is 12.5. The molecule has 0 radical (unpaired) electrons. The summed E-state index contributed by atoms with van der Waals surface area (Å²) in [6, 6.07) is 0.740. The lowest BCUT2D eigenvalue weighted by molar-refractivity contribution is -0.141. The van der Waals surface area contributed by atoms with Gasteiger partial charge in [0.25, 0.3) is 5.91 Å². The van der Waals surface area contributed by atoms with E-state index in [-0.39, 0.29) is 11.2 Å². The Kier molecular flexibility index (Phi) is 3.79. The van der Waals surface area contributed by atoms with Crippen LogP contribution in [0.25, 0.3) is 0 Å². The molecule has 0 atom stereocenters. The highest BCUT2D eigenvalue weighted by atomic mass is 32.1. The number of thiazole rings is 1. The number of aromatic nitrogens is 3. The number of alkyl halides is 3. The third kappa shape index (κ3) is 3.60. The first-order valence-electron chi connectivity index (χ1n) is 5.97. The quantitative estimate of drug-likeness (QED) is 0.891. The monoisotopic (exact) mass is 318 g/mol. The number of anilines is 1. The van der Waals surface area contributed by atoms with Gasteiger partial charge in [0.15, 0.2) is 5.82 Å². The topological polar surface area (TPSA) is 70.7 Å². The van der Waals surface area contributed by atoms with Crippen molar-refractivity contribution >= 4 is 23.1 Å². The zero-order chi connectivity index (χ0) is 15.8. The average molecular weight is 318 g/mol. The highest BCUT2D eigenvalue weighted by Gasteiger charge is 2.33. The second-order valence-electron chi connectivity index (χ2n) is 5.40. The Morgan fingerprint density at radius 3 is 2.48 bits per heavy atom. The molecule has 0 aliphatic rings. The summed E-state index contributed by atoms with van der Waals surface area (Å²) in [5.74, 6) is -0.721. The van der Waals surface area contributed by atoms with Gasteiger partial charge in [-0.15, -0.1) is 11.3 Å². The van der Waals surface area contributed by atoms with Crippen LogP contribution in [0.1, 0.15) is 41.1 Å². The maximum absolute atomic E-state index is 12.4. The van der Waals surface area contributed by atoms with Gasteiger partial charge in [0, 0.05) is 11.5 Å². The molecular formula is C12H13F3N4OS. The fourth-order valence-corrected chi connectivity index (χ4v) is 2.30. The fourth-order valence-electron chi connectivity index (χ4n) is 1.43. The number of carbonyl (C=O) groups is 1. The van der Waals surface area contributed by atoms with Crippen LogP contribution in [-0.4, -0.2) is 21.1 Å². The number of carbonyl (C=O) groups excluding carboxylic acids is 1. The Hall–Kier alpha value is -1.90. The summed E-state index contributed by atoms with van der Waals surface area (Å²) in [5.41, 5.74) is -1.21. The summed E-state index contributed by atoms with van der Waals surface area (Å²) in [5, 5.41) is 8.31. The van der Waals surface area contributed by atoms with Crippen LogP contribution >= 0.6 is 11.3 Å². The van der Waals surface area contributed by atoms with E-state index in [2.05, 4.69) is 15.4 Å². The van der Waals surface area contributed by atoms with Gasteiger partial charge in [-0.1, -0.05) is 20.8 Å². The van der Waals surface area contributed by atoms with Crippen LogP contribution in [0.4, 0.5) is 19.0 Å². The van der Waals surface area contributed by atoms with Gasteiger partial charge in [0.05, 0.1) is 11.2 Å². The molecule has 2 aromatic rings. The van der Waals surface area contributed by atoms with E-state index in [1.807, 2.05) is 25.9 Å². The van der Waals surface area contributed by atoms with Gasteiger partial charge in [0.2, 0.25) is 0 Å². The molecule has 0 bridgehead atoms. The van der Waals surface area contributed by atoms with E-state index in [4.69, 9.17) is 0 Å². The van der Waals surface area contributed by atoms with Crippen molar-refractivity contribution in [3.8, 4) is 0 Å². The van der Waals surface area contributed by atoms with E-state index in [1.165, 1.54) is 17.5 Å². The molecule has 0 fully saturated rings. The van der Waals surface area contributed by atoms with Crippen LogP contribution in [0.2, 0.25) is 0 Å². The van der Waals surface area contributed by atoms with E-state index < -0.39 is 17.8 Å². The summed E-state index contributed by atoms with van der Waals surface area (Å²) in [6.45, 7) is 5.87. The SMILES string of the molecule is CC(C)(C)c1ncc(C(=O)Nc2cc(C(F)(F)F)[nH]n2)s1. The van der Waals surface area contributed by atoms with Crippen LogP contribution < -0.4 is 5.32 Å². The molecule has 0 aliphatic heterocycles. The number of hydrogen-bond acceptors (Lipinski definition) is 4. The third-order valence-electron chi connectivity index (χ3n) is 2.50. The molecule has 0 saturated heterocycles. The van der Waals surface area contributed by atoms with E-state index in [0.29, 0.717) is 4.88 Å². The molecule has 2 aromatic heterocycles.